The van der Waals surface area contributed by atoms with E-state index in [0.717, 1.165) is 15.6 Å². The van der Waals surface area contributed by atoms with Crippen molar-refractivity contribution in [3.05, 3.63) is 68.9 Å². The maximum atomic E-state index is 13.3. The summed E-state index contributed by atoms with van der Waals surface area (Å²) in [7, 11) is 0. The molecular formula is C15H12BrCl2F. The van der Waals surface area contributed by atoms with Crippen molar-refractivity contribution in [2.45, 2.75) is 12.3 Å². The molecule has 1 atom stereocenters. The summed E-state index contributed by atoms with van der Waals surface area (Å²) < 4.78 is 14.3. The molecule has 4 heteroatoms. The van der Waals surface area contributed by atoms with Crippen molar-refractivity contribution in [3.63, 3.8) is 0 Å². The molecule has 0 aliphatic rings. The number of hydrogen-bond donors (Lipinski definition) is 0. The van der Waals surface area contributed by atoms with Crippen LogP contribution >= 0.6 is 39.1 Å². The number of rotatable bonds is 4. The lowest BCUT2D eigenvalue weighted by molar-refractivity contribution is 0.623. The molecule has 0 N–H and O–H groups in total. The maximum absolute atomic E-state index is 13.3. The zero-order valence-electron chi connectivity index (χ0n) is 10.0. The minimum Gasteiger partial charge on any atom is -0.207 e. The first kappa shape index (κ1) is 14.8. The highest BCUT2D eigenvalue weighted by Crippen LogP contribution is 2.31. The van der Waals surface area contributed by atoms with Gasteiger partial charge in [0.15, 0.2) is 0 Å². The smallest absolute Gasteiger partial charge is 0.123 e. The number of halogens is 4. The van der Waals surface area contributed by atoms with Gasteiger partial charge in [0.05, 0.1) is 0 Å². The number of alkyl halides is 1. The van der Waals surface area contributed by atoms with Gasteiger partial charge in [-0.3, -0.25) is 0 Å². The van der Waals surface area contributed by atoms with Crippen LogP contribution in [0.3, 0.4) is 0 Å². The van der Waals surface area contributed by atoms with E-state index >= 15 is 0 Å². The molecule has 19 heavy (non-hydrogen) atoms. The van der Waals surface area contributed by atoms with Gasteiger partial charge < -0.3 is 0 Å². The van der Waals surface area contributed by atoms with Gasteiger partial charge in [-0.2, -0.15) is 0 Å². The highest BCUT2D eigenvalue weighted by Gasteiger charge is 2.16. The van der Waals surface area contributed by atoms with Gasteiger partial charge in [0.1, 0.15) is 5.82 Å². The zero-order valence-corrected chi connectivity index (χ0v) is 13.1. The molecule has 0 radical (unpaired) electrons. The fourth-order valence-electron chi connectivity index (χ4n) is 2.02. The Morgan fingerprint density at radius 1 is 1.16 bits per heavy atom. The van der Waals surface area contributed by atoms with Crippen LogP contribution in [0.5, 0.6) is 0 Å². The quantitative estimate of drug-likeness (QED) is 0.603. The summed E-state index contributed by atoms with van der Waals surface area (Å²) in [6.45, 7) is 0. The molecule has 0 fully saturated rings. The number of benzene rings is 2. The van der Waals surface area contributed by atoms with Crippen LogP contribution in [-0.2, 0) is 6.42 Å². The molecule has 100 valence electrons. The van der Waals surface area contributed by atoms with Crippen LogP contribution in [0.4, 0.5) is 4.39 Å². The van der Waals surface area contributed by atoms with Crippen LogP contribution in [0.25, 0.3) is 0 Å². The minimum absolute atomic E-state index is 0.0940. The Labute approximate surface area is 130 Å². The summed E-state index contributed by atoms with van der Waals surface area (Å²) >= 11 is 15.7. The highest BCUT2D eigenvalue weighted by molar-refractivity contribution is 9.10. The van der Waals surface area contributed by atoms with E-state index in [0.29, 0.717) is 17.3 Å². The summed E-state index contributed by atoms with van der Waals surface area (Å²) in [5.41, 5.74) is 1.89. The largest absolute Gasteiger partial charge is 0.207 e. The molecule has 0 nitrogen and oxygen atoms in total. The van der Waals surface area contributed by atoms with Crippen molar-refractivity contribution in [1.29, 1.82) is 0 Å². The van der Waals surface area contributed by atoms with Crippen molar-refractivity contribution < 1.29 is 4.39 Å². The van der Waals surface area contributed by atoms with Gasteiger partial charge in [0, 0.05) is 21.3 Å². The van der Waals surface area contributed by atoms with Gasteiger partial charge in [0.2, 0.25) is 0 Å². The molecule has 2 rings (SSSR count). The van der Waals surface area contributed by atoms with Gasteiger partial charge in [0.25, 0.3) is 0 Å². The second-order valence-electron chi connectivity index (χ2n) is 4.31. The first-order chi connectivity index (χ1) is 9.11. The van der Waals surface area contributed by atoms with Gasteiger partial charge in [-0.1, -0.05) is 45.7 Å². The predicted octanol–water partition coefficient (Wildman–Crippen LogP) is 5.81. The molecule has 0 aliphatic carbocycles. The van der Waals surface area contributed by atoms with Gasteiger partial charge in [-0.25, -0.2) is 4.39 Å². The molecule has 0 spiro atoms. The lowest BCUT2D eigenvalue weighted by Gasteiger charge is -2.17. The van der Waals surface area contributed by atoms with Gasteiger partial charge in [-0.05, 0) is 41.8 Å². The summed E-state index contributed by atoms with van der Waals surface area (Å²) in [5, 5.41) is 0.573. The lowest BCUT2D eigenvalue weighted by atomic mass is 9.93. The van der Waals surface area contributed by atoms with Gasteiger partial charge >= 0.3 is 0 Å². The SMILES string of the molecule is Fc1ccc(Cl)c(CC(CCl)c2ccccc2Br)c1. The van der Waals surface area contributed by atoms with Crippen LogP contribution in [-0.4, -0.2) is 5.88 Å². The van der Waals surface area contributed by atoms with E-state index in [2.05, 4.69) is 15.9 Å². The lowest BCUT2D eigenvalue weighted by Crippen LogP contribution is -2.06. The molecule has 0 heterocycles. The monoisotopic (exact) mass is 360 g/mol. The van der Waals surface area contributed by atoms with Crippen LogP contribution in [0.15, 0.2) is 46.9 Å². The molecule has 1 unspecified atom stereocenters. The average molecular weight is 362 g/mol. The Kier molecular flexibility index (Phi) is 5.26. The molecule has 2 aromatic rings. The van der Waals surface area contributed by atoms with Crippen molar-refractivity contribution in [1.82, 2.24) is 0 Å². The summed E-state index contributed by atoms with van der Waals surface area (Å²) in [5.74, 6) is 0.270. The van der Waals surface area contributed by atoms with Crippen molar-refractivity contribution in [3.8, 4) is 0 Å². The summed E-state index contributed by atoms with van der Waals surface area (Å²) in [4.78, 5) is 0. The first-order valence-electron chi connectivity index (χ1n) is 5.86. The van der Waals surface area contributed by atoms with Crippen molar-refractivity contribution >= 4 is 39.1 Å². The van der Waals surface area contributed by atoms with E-state index < -0.39 is 0 Å². The summed E-state index contributed by atoms with van der Waals surface area (Å²) in [6, 6.07) is 12.3. The fraction of sp³-hybridized carbons (Fsp3) is 0.200. The van der Waals surface area contributed by atoms with E-state index in [1.807, 2.05) is 24.3 Å². The average Bonchev–Trinajstić information content (AvgIpc) is 2.41. The third-order valence-electron chi connectivity index (χ3n) is 3.01. The topological polar surface area (TPSA) is 0 Å². The second kappa shape index (κ2) is 6.74. The Morgan fingerprint density at radius 3 is 2.58 bits per heavy atom. The maximum Gasteiger partial charge on any atom is 0.123 e. The molecule has 0 saturated heterocycles. The van der Waals surface area contributed by atoms with E-state index in [9.17, 15) is 4.39 Å². The first-order valence-corrected chi connectivity index (χ1v) is 7.56. The highest BCUT2D eigenvalue weighted by atomic mass is 79.9. The molecular weight excluding hydrogens is 350 g/mol. The molecule has 0 aliphatic heterocycles. The predicted molar refractivity (Wildman–Crippen MR) is 82.7 cm³/mol. The molecule has 0 bridgehead atoms. The standard InChI is InChI=1S/C15H12BrCl2F/c16-14-4-2-1-3-13(14)11(9-17)7-10-8-12(19)5-6-15(10)18/h1-6,8,11H,7,9H2. The molecule has 2 aromatic carbocycles. The Bertz CT molecular complexity index is 572. The molecule has 0 saturated carbocycles. The van der Waals surface area contributed by atoms with Gasteiger partial charge in [-0.15, -0.1) is 11.6 Å². The zero-order chi connectivity index (χ0) is 13.8. The van der Waals surface area contributed by atoms with E-state index in [1.165, 1.54) is 12.1 Å². The van der Waals surface area contributed by atoms with E-state index in [4.69, 9.17) is 23.2 Å². The molecule has 0 amide bonds. The van der Waals surface area contributed by atoms with Crippen molar-refractivity contribution in [2.75, 3.05) is 5.88 Å². The normalized spacial score (nSPS) is 12.4. The van der Waals surface area contributed by atoms with E-state index in [-0.39, 0.29) is 11.7 Å². The van der Waals surface area contributed by atoms with Crippen LogP contribution in [0, 0.1) is 5.82 Å². The van der Waals surface area contributed by atoms with Crippen LogP contribution in [0.2, 0.25) is 5.02 Å². The Morgan fingerprint density at radius 2 is 1.89 bits per heavy atom. The fourth-order valence-corrected chi connectivity index (χ4v) is 3.10. The molecule has 0 aromatic heterocycles. The summed E-state index contributed by atoms with van der Waals surface area (Å²) in [6.07, 6.45) is 0.614. The Hall–Kier alpha value is -0.570. The second-order valence-corrected chi connectivity index (χ2v) is 5.88. The third-order valence-corrected chi connectivity index (χ3v) is 4.47. The van der Waals surface area contributed by atoms with Crippen LogP contribution < -0.4 is 0 Å². The third kappa shape index (κ3) is 3.71. The van der Waals surface area contributed by atoms with E-state index in [1.54, 1.807) is 6.07 Å². The Balaban J connectivity index is 2.29. The van der Waals surface area contributed by atoms with Crippen molar-refractivity contribution in [2.24, 2.45) is 0 Å². The number of hydrogen-bond acceptors (Lipinski definition) is 0. The van der Waals surface area contributed by atoms with Crippen LogP contribution in [0.1, 0.15) is 17.0 Å². The minimum atomic E-state index is -0.278.